The Morgan fingerprint density at radius 2 is 1.67 bits per heavy atom. The van der Waals surface area contributed by atoms with Crippen LogP contribution in [0.15, 0.2) is 62.6 Å². The largest absolute Gasteiger partial charge is 0.421 e. The molecular weight excluding hydrogens is 424 g/mol. The lowest BCUT2D eigenvalue weighted by Gasteiger charge is -2.23. The van der Waals surface area contributed by atoms with E-state index in [1.54, 1.807) is 30.3 Å². The minimum atomic E-state index is -4.08. The third-order valence-electron chi connectivity index (χ3n) is 5.47. The highest BCUT2D eigenvalue weighted by molar-refractivity contribution is 7.92. The van der Waals surface area contributed by atoms with Gasteiger partial charge in [0.25, 0.3) is 10.0 Å². The molecule has 30 heavy (non-hydrogen) atoms. The van der Waals surface area contributed by atoms with Crippen LogP contribution in [0.3, 0.4) is 0 Å². The molecule has 1 aliphatic rings. The molecule has 0 radical (unpaired) electrons. The van der Waals surface area contributed by atoms with Gasteiger partial charge in [0.05, 0.1) is 10.7 Å². The standard InChI is InChI=1S/C22H23ClN2O4S/c23-17-11-5-7-13-19(17)30(27,28)25-21-20(24-14-15-8-2-1-3-9-15)16-10-4-6-12-18(16)29-22(21)26/h4-7,10-13,15,24-25H,1-3,8-9,14H2. The van der Waals surface area contributed by atoms with Gasteiger partial charge < -0.3 is 9.73 Å². The van der Waals surface area contributed by atoms with Crippen LogP contribution in [0, 0.1) is 5.92 Å². The predicted octanol–water partition coefficient (Wildman–Crippen LogP) is 5.24. The molecule has 1 aliphatic carbocycles. The Labute approximate surface area is 180 Å². The van der Waals surface area contributed by atoms with Crippen molar-refractivity contribution in [3.63, 3.8) is 0 Å². The molecule has 1 saturated carbocycles. The minimum absolute atomic E-state index is 0.0758. The fraction of sp³-hybridized carbons (Fsp3) is 0.318. The van der Waals surface area contributed by atoms with Gasteiger partial charge in [-0.2, -0.15) is 0 Å². The molecule has 3 aromatic rings. The zero-order valence-electron chi connectivity index (χ0n) is 16.4. The quantitative estimate of drug-likeness (QED) is 0.505. The van der Waals surface area contributed by atoms with Gasteiger partial charge in [0.1, 0.15) is 10.5 Å². The second-order valence-corrected chi connectivity index (χ2v) is 9.61. The Kier molecular flexibility index (Phi) is 6.01. The average Bonchev–Trinajstić information content (AvgIpc) is 2.74. The maximum atomic E-state index is 13.0. The lowest BCUT2D eigenvalue weighted by atomic mass is 9.89. The minimum Gasteiger partial charge on any atom is -0.421 e. The highest BCUT2D eigenvalue weighted by atomic mass is 35.5. The molecule has 0 bridgehead atoms. The van der Waals surface area contributed by atoms with Crippen LogP contribution in [0.2, 0.25) is 5.02 Å². The summed E-state index contributed by atoms with van der Waals surface area (Å²) >= 11 is 6.08. The summed E-state index contributed by atoms with van der Waals surface area (Å²) in [5.41, 5.74) is -0.0581. The first-order valence-electron chi connectivity index (χ1n) is 10.0. The molecule has 1 heterocycles. The molecule has 0 saturated heterocycles. The van der Waals surface area contributed by atoms with E-state index in [1.807, 2.05) is 6.07 Å². The van der Waals surface area contributed by atoms with Gasteiger partial charge in [0.2, 0.25) is 0 Å². The van der Waals surface area contributed by atoms with Gasteiger partial charge in [-0.1, -0.05) is 55.1 Å². The molecule has 0 amide bonds. The van der Waals surface area contributed by atoms with Crippen LogP contribution in [0.4, 0.5) is 11.4 Å². The van der Waals surface area contributed by atoms with E-state index in [1.165, 1.54) is 31.4 Å². The number of rotatable bonds is 6. The number of nitrogens with one attached hydrogen (secondary N) is 2. The van der Waals surface area contributed by atoms with Crippen molar-refractivity contribution < 1.29 is 12.8 Å². The monoisotopic (exact) mass is 446 g/mol. The molecule has 2 N–H and O–H groups in total. The number of hydrogen-bond donors (Lipinski definition) is 2. The van der Waals surface area contributed by atoms with Gasteiger partial charge in [-0.05, 0) is 43.0 Å². The summed E-state index contributed by atoms with van der Waals surface area (Å²) in [5, 5.41) is 4.05. The van der Waals surface area contributed by atoms with E-state index in [0.29, 0.717) is 29.1 Å². The zero-order chi connectivity index (χ0) is 21.1. The second kappa shape index (κ2) is 8.70. The van der Waals surface area contributed by atoms with Gasteiger partial charge >= 0.3 is 5.63 Å². The van der Waals surface area contributed by atoms with Crippen LogP contribution >= 0.6 is 11.6 Å². The fourth-order valence-electron chi connectivity index (χ4n) is 3.92. The van der Waals surface area contributed by atoms with Gasteiger partial charge in [-0.25, -0.2) is 13.2 Å². The van der Waals surface area contributed by atoms with Crippen LogP contribution in [-0.2, 0) is 10.0 Å². The van der Waals surface area contributed by atoms with Crippen LogP contribution in [-0.4, -0.2) is 15.0 Å². The second-order valence-electron chi connectivity index (χ2n) is 7.56. The molecule has 6 nitrogen and oxygen atoms in total. The summed E-state index contributed by atoms with van der Waals surface area (Å²) in [7, 11) is -4.08. The van der Waals surface area contributed by atoms with Crippen LogP contribution < -0.4 is 15.7 Å². The molecular formula is C22H23ClN2O4S. The van der Waals surface area contributed by atoms with E-state index in [-0.39, 0.29) is 15.6 Å². The Hall–Kier alpha value is -2.51. The topological polar surface area (TPSA) is 88.4 Å². The van der Waals surface area contributed by atoms with E-state index in [4.69, 9.17) is 16.0 Å². The summed E-state index contributed by atoms with van der Waals surface area (Å²) < 4.78 is 33.7. The molecule has 4 rings (SSSR count). The highest BCUT2D eigenvalue weighted by Gasteiger charge is 2.24. The number of anilines is 2. The molecule has 1 fully saturated rings. The SMILES string of the molecule is O=c1oc2ccccc2c(NCC2CCCCC2)c1NS(=O)(=O)c1ccccc1Cl. The Bertz CT molecular complexity index is 1220. The van der Waals surface area contributed by atoms with E-state index < -0.39 is 15.6 Å². The van der Waals surface area contributed by atoms with Crippen molar-refractivity contribution in [2.75, 3.05) is 16.6 Å². The fourth-order valence-corrected chi connectivity index (χ4v) is 5.50. The average molecular weight is 447 g/mol. The van der Waals surface area contributed by atoms with E-state index >= 15 is 0 Å². The smallest absolute Gasteiger partial charge is 0.363 e. The summed E-state index contributed by atoms with van der Waals surface area (Å²) in [5.74, 6) is 0.484. The first kappa shape index (κ1) is 20.8. The number of fused-ring (bicyclic) bond motifs is 1. The number of sulfonamides is 1. The molecule has 0 spiro atoms. The van der Waals surface area contributed by atoms with Crippen LogP contribution in [0.1, 0.15) is 32.1 Å². The number of hydrogen-bond acceptors (Lipinski definition) is 5. The summed E-state index contributed by atoms with van der Waals surface area (Å²) in [4.78, 5) is 12.6. The number of halogens is 1. The van der Waals surface area contributed by atoms with Crippen molar-refractivity contribution in [1.82, 2.24) is 0 Å². The van der Waals surface area contributed by atoms with Crippen molar-refractivity contribution in [2.45, 2.75) is 37.0 Å². The molecule has 0 unspecified atom stereocenters. The molecule has 0 atom stereocenters. The molecule has 158 valence electrons. The van der Waals surface area contributed by atoms with E-state index in [2.05, 4.69) is 10.0 Å². The maximum absolute atomic E-state index is 13.0. The molecule has 8 heteroatoms. The van der Waals surface area contributed by atoms with Crippen molar-refractivity contribution in [1.29, 1.82) is 0 Å². The molecule has 0 aliphatic heterocycles. The van der Waals surface area contributed by atoms with Gasteiger partial charge in [0.15, 0.2) is 5.69 Å². The van der Waals surface area contributed by atoms with Crippen molar-refractivity contribution in [3.8, 4) is 0 Å². The van der Waals surface area contributed by atoms with E-state index in [9.17, 15) is 13.2 Å². The number of para-hydroxylation sites is 1. The lowest BCUT2D eigenvalue weighted by Crippen LogP contribution is -2.23. The maximum Gasteiger partial charge on any atom is 0.363 e. The summed E-state index contributed by atoms with van der Waals surface area (Å²) in [6, 6.07) is 13.2. The van der Waals surface area contributed by atoms with E-state index in [0.717, 1.165) is 12.8 Å². The number of benzene rings is 2. The Morgan fingerprint density at radius 1 is 0.967 bits per heavy atom. The summed E-state index contributed by atoms with van der Waals surface area (Å²) in [6.45, 7) is 0.661. The van der Waals surface area contributed by atoms with Gasteiger partial charge in [-0.15, -0.1) is 0 Å². The first-order chi connectivity index (χ1) is 14.5. The normalized spacial score (nSPS) is 15.2. The zero-order valence-corrected chi connectivity index (χ0v) is 17.9. The third-order valence-corrected chi connectivity index (χ3v) is 7.32. The predicted molar refractivity (Wildman–Crippen MR) is 120 cm³/mol. The molecule has 2 aromatic carbocycles. The van der Waals surface area contributed by atoms with Crippen molar-refractivity contribution in [2.24, 2.45) is 5.92 Å². The van der Waals surface area contributed by atoms with Crippen LogP contribution in [0.5, 0.6) is 0 Å². The van der Waals surface area contributed by atoms with Crippen molar-refractivity contribution >= 4 is 44.0 Å². The van der Waals surface area contributed by atoms with Crippen LogP contribution in [0.25, 0.3) is 11.0 Å². The Morgan fingerprint density at radius 3 is 2.43 bits per heavy atom. The van der Waals surface area contributed by atoms with Crippen molar-refractivity contribution in [3.05, 3.63) is 64.0 Å². The third kappa shape index (κ3) is 4.32. The first-order valence-corrected chi connectivity index (χ1v) is 11.9. The highest BCUT2D eigenvalue weighted by Crippen LogP contribution is 2.32. The molecule has 1 aromatic heterocycles. The van der Waals surface area contributed by atoms with Gasteiger partial charge in [0, 0.05) is 11.9 Å². The van der Waals surface area contributed by atoms with Gasteiger partial charge in [-0.3, -0.25) is 4.72 Å². The lowest BCUT2D eigenvalue weighted by molar-refractivity contribution is 0.373. The summed E-state index contributed by atoms with van der Waals surface area (Å²) in [6.07, 6.45) is 5.86. The Balaban J connectivity index is 1.75.